The van der Waals surface area contributed by atoms with Gasteiger partial charge in [-0.15, -0.1) is 0 Å². The van der Waals surface area contributed by atoms with Gasteiger partial charge in [0, 0.05) is 18.0 Å². The number of nitrogens with one attached hydrogen (secondary N) is 1. The molecule has 0 saturated heterocycles. The molecule has 1 heterocycles. The molecule has 0 bridgehead atoms. The minimum Gasteiger partial charge on any atom is -0.267 e. The van der Waals surface area contributed by atoms with Crippen molar-refractivity contribution in [2.24, 2.45) is 5.10 Å². The lowest BCUT2D eigenvalue weighted by Gasteiger charge is -2.05. The van der Waals surface area contributed by atoms with Gasteiger partial charge < -0.3 is 0 Å². The van der Waals surface area contributed by atoms with Crippen molar-refractivity contribution >= 4 is 11.6 Å². The number of pyridine rings is 1. The van der Waals surface area contributed by atoms with E-state index in [0.29, 0.717) is 5.56 Å². The molecule has 20 heavy (non-hydrogen) atoms. The number of carbonyl (C=O) groups excluding carboxylic acids is 1. The summed E-state index contributed by atoms with van der Waals surface area (Å²) in [6, 6.07) is 9.41. The van der Waals surface area contributed by atoms with E-state index in [4.69, 9.17) is 0 Å². The van der Waals surface area contributed by atoms with E-state index in [0.717, 1.165) is 11.3 Å². The summed E-state index contributed by atoms with van der Waals surface area (Å²) < 4.78 is 0. The maximum Gasteiger partial charge on any atom is 0.271 e. The van der Waals surface area contributed by atoms with Crippen LogP contribution in [0.3, 0.4) is 0 Å². The van der Waals surface area contributed by atoms with Gasteiger partial charge >= 0.3 is 0 Å². The molecule has 1 N–H and O–H groups in total. The minimum atomic E-state index is -0.240. The molecule has 1 aromatic carbocycles. The van der Waals surface area contributed by atoms with Gasteiger partial charge in [0.25, 0.3) is 5.91 Å². The summed E-state index contributed by atoms with van der Waals surface area (Å²) in [6.45, 7) is 6.00. The Morgan fingerprint density at radius 2 is 1.75 bits per heavy atom. The number of nitrogens with zero attached hydrogens (tertiary/aromatic N) is 2. The van der Waals surface area contributed by atoms with Crippen LogP contribution in [0.25, 0.3) is 0 Å². The molecule has 0 aliphatic carbocycles. The van der Waals surface area contributed by atoms with E-state index in [-0.39, 0.29) is 5.91 Å². The molecule has 4 heteroatoms. The molecule has 2 aromatic rings. The molecular formula is C16H17N3O. The summed E-state index contributed by atoms with van der Waals surface area (Å²) in [5, 5.41) is 4.14. The molecule has 0 atom stereocenters. The van der Waals surface area contributed by atoms with Crippen molar-refractivity contribution < 1.29 is 4.79 Å². The smallest absolute Gasteiger partial charge is 0.267 e. The highest BCUT2D eigenvalue weighted by Gasteiger charge is 2.04. The summed E-state index contributed by atoms with van der Waals surface area (Å²) in [5.74, 6) is -0.240. The molecular weight excluding hydrogens is 250 g/mol. The van der Waals surface area contributed by atoms with Gasteiger partial charge in [-0.25, -0.2) is 5.43 Å². The average molecular weight is 267 g/mol. The van der Waals surface area contributed by atoms with Crippen molar-refractivity contribution in [3.63, 3.8) is 0 Å². The first-order valence-corrected chi connectivity index (χ1v) is 6.40. The average Bonchev–Trinajstić information content (AvgIpc) is 2.48. The second kappa shape index (κ2) is 6.10. The van der Waals surface area contributed by atoms with Gasteiger partial charge in [0.1, 0.15) is 0 Å². The number of carbonyl (C=O) groups is 1. The normalized spacial score (nSPS) is 11.2. The van der Waals surface area contributed by atoms with Crippen LogP contribution in [0.1, 0.15) is 34.0 Å². The SMILES string of the molecule is C/C(=N/NC(=O)c1ccncc1)c1ccc(C)c(C)c1. The predicted octanol–water partition coefficient (Wildman–Crippen LogP) is 2.85. The van der Waals surface area contributed by atoms with Gasteiger partial charge in [0.2, 0.25) is 0 Å². The monoisotopic (exact) mass is 267 g/mol. The number of benzene rings is 1. The van der Waals surface area contributed by atoms with Crippen molar-refractivity contribution in [3.8, 4) is 0 Å². The fourth-order valence-corrected chi connectivity index (χ4v) is 1.73. The van der Waals surface area contributed by atoms with Gasteiger partial charge in [-0.1, -0.05) is 12.1 Å². The molecule has 0 fully saturated rings. The lowest BCUT2D eigenvalue weighted by atomic mass is 10.0. The van der Waals surface area contributed by atoms with Gasteiger partial charge in [-0.05, 0) is 55.7 Å². The topological polar surface area (TPSA) is 54.4 Å². The fraction of sp³-hybridized carbons (Fsp3) is 0.188. The highest BCUT2D eigenvalue weighted by atomic mass is 16.2. The van der Waals surface area contributed by atoms with Gasteiger partial charge in [-0.2, -0.15) is 5.10 Å². The quantitative estimate of drug-likeness (QED) is 0.686. The summed E-state index contributed by atoms with van der Waals surface area (Å²) in [5.41, 5.74) is 7.31. The molecule has 0 aliphatic rings. The van der Waals surface area contributed by atoms with Crippen molar-refractivity contribution in [2.75, 3.05) is 0 Å². The van der Waals surface area contributed by atoms with Crippen molar-refractivity contribution in [2.45, 2.75) is 20.8 Å². The fourth-order valence-electron chi connectivity index (χ4n) is 1.73. The van der Waals surface area contributed by atoms with Gasteiger partial charge in [0.05, 0.1) is 5.71 Å². The van der Waals surface area contributed by atoms with E-state index in [1.54, 1.807) is 24.5 Å². The number of aromatic nitrogens is 1. The largest absolute Gasteiger partial charge is 0.271 e. The Morgan fingerprint density at radius 1 is 1.05 bits per heavy atom. The number of amides is 1. The molecule has 4 nitrogen and oxygen atoms in total. The first kappa shape index (κ1) is 13.9. The third kappa shape index (κ3) is 3.29. The minimum absolute atomic E-state index is 0.240. The van der Waals surface area contributed by atoms with Crippen LogP contribution < -0.4 is 5.43 Å². The number of rotatable bonds is 3. The third-order valence-corrected chi connectivity index (χ3v) is 3.19. The van der Waals surface area contributed by atoms with Crippen LogP contribution in [0.4, 0.5) is 0 Å². The number of hydrazone groups is 1. The first-order valence-electron chi connectivity index (χ1n) is 6.40. The molecule has 0 radical (unpaired) electrons. The van der Waals surface area contributed by atoms with Crippen molar-refractivity contribution in [1.29, 1.82) is 0 Å². The van der Waals surface area contributed by atoms with Crippen molar-refractivity contribution in [1.82, 2.24) is 10.4 Å². The van der Waals surface area contributed by atoms with Crippen LogP contribution in [0.2, 0.25) is 0 Å². The van der Waals surface area contributed by atoms with E-state index in [9.17, 15) is 4.79 Å². The predicted molar refractivity (Wildman–Crippen MR) is 79.8 cm³/mol. The molecule has 1 aromatic heterocycles. The summed E-state index contributed by atoms with van der Waals surface area (Å²) in [6.07, 6.45) is 3.16. The second-order valence-corrected chi connectivity index (χ2v) is 4.67. The van der Waals surface area contributed by atoms with Crippen LogP contribution in [-0.2, 0) is 0 Å². The highest BCUT2D eigenvalue weighted by molar-refractivity contribution is 6.00. The second-order valence-electron chi connectivity index (χ2n) is 4.67. The van der Waals surface area contributed by atoms with E-state index in [1.807, 2.05) is 19.1 Å². The number of hydrogen-bond donors (Lipinski definition) is 1. The molecule has 102 valence electrons. The van der Waals surface area contributed by atoms with E-state index < -0.39 is 0 Å². The Morgan fingerprint density at radius 3 is 2.40 bits per heavy atom. The van der Waals surface area contributed by atoms with Crippen LogP contribution in [0.15, 0.2) is 47.8 Å². The third-order valence-electron chi connectivity index (χ3n) is 3.19. The van der Waals surface area contributed by atoms with Crippen LogP contribution in [0, 0.1) is 13.8 Å². The highest BCUT2D eigenvalue weighted by Crippen LogP contribution is 2.10. The van der Waals surface area contributed by atoms with Crippen LogP contribution >= 0.6 is 0 Å². The lowest BCUT2D eigenvalue weighted by molar-refractivity contribution is 0.0954. The Balaban J connectivity index is 2.11. The molecule has 1 amide bonds. The van der Waals surface area contributed by atoms with Crippen LogP contribution in [0.5, 0.6) is 0 Å². The summed E-state index contributed by atoms with van der Waals surface area (Å²) in [4.78, 5) is 15.7. The Labute approximate surface area is 118 Å². The summed E-state index contributed by atoms with van der Waals surface area (Å²) in [7, 11) is 0. The molecule has 0 unspecified atom stereocenters. The molecule has 0 saturated carbocycles. The number of aryl methyl sites for hydroxylation is 2. The molecule has 0 spiro atoms. The lowest BCUT2D eigenvalue weighted by Crippen LogP contribution is -2.19. The molecule has 0 aliphatic heterocycles. The Hall–Kier alpha value is -2.49. The van der Waals surface area contributed by atoms with E-state index >= 15 is 0 Å². The number of hydrogen-bond acceptors (Lipinski definition) is 3. The zero-order valence-corrected chi connectivity index (χ0v) is 11.8. The molecule has 2 rings (SSSR count). The Bertz CT molecular complexity index is 648. The maximum atomic E-state index is 11.9. The zero-order valence-electron chi connectivity index (χ0n) is 11.8. The van der Waals surface area contributed by atoms with E-state index in [1.165, 1.54) is 11.1 Å². The standard InChI is InChI=1S/C16H17N3O/c1-11-4-5-15(10-12(11)2)13(3)18-19-16(20)14-6-8-17-9-7-14/h4-10H,1-3H3,(H,19,20)/b18-13-. The zero-order chi connectivity index (χ0) is 14.5. The van der Waals surface area contributed by atoms with Gasteiger partial charge in [0.15, 0.2) is 0 Å². The first-order chi connectivity index (χ1) is 9.58. The Kier molecular flexibility index (Phi) is 4.25. The van der Waals surface area contributed by atoms with Crippen LogP contribution in [-0.4, -0.2) is 16.6 Å². The van der Waals surface area contributed by atoms with Gasteiger partial charge in [-0.3, -0.25) is 9.78 Å². The van der Waals surface area contributed by atoms with E-state index in [2.05, 4.69) is 35.4 Å². The summed E-state index contributed by atoms with van der Waals surface area (Å²) >= 11 is 0. The van der Waals surface area contributed by atoms with Crippen molar-refractivity contribution in [3.05, 3.63) is 65.0 Å². The maximum absolute atomic E-state index is 11.9.